The maximum atomic E-state index is 10.9. The number of carbonyl (C=O) groups excluding carboxylic acids is 1. The molecule has 2 aromatic carbocycles. The molecule has 0 amide bonds. The summed E-state index contributed by atoms with van der Waals surface area (Å²) in [6.45, 7) is 0. The molecule has 0 radical (unpaired) electrons. The smallest absolute Gasteiger partial charge is 0.140 e. The second kappa shape index (κ2) is 4.65. The van der Waals surface area contributed by atoms with E-state index in [2.05, 4.69) is 12.1 Å². The minimum absolute atomic E-state index is 0.0834. The summed E-state index contributed by atoms with van der Waals surface area (Å²) in [6, 6.07) is 18.3. The van der Waals surface area contributed by atoms with E-state index in [1.807, 2.05) is 42.5 Å². The Labute approximate surface area is 106 Å². The molecule has 0 unspecified atom stereocenters. The Morgan fingerprint density at radius 2 is 1.44 bits per heavy atom. The van der Waals surface area contributed by atoms with Gasteiger partial charge in [0, 0.05) is 12.8 Å². The Hall–Kier alpha value is -2.09. The highest BCUT2D eigenvalue weighted by Gasteiger charge is 2.28. The quantitative estimate of drug-likeness (QED) is 0.818. The highest BCUT2D eigenvalue weighted by molar-refractivity contribution is 5.85. The first-order chi connectivity index (χ1) is 8.81. The van der Waals surface area contributed by atoms with Gasteiger partial charge >= 0.3 is 0 Å². The number of hydrogen-bond donors (Lipinski definition) is 0. The molecule has 0 spiro atoms. The van der Waals surface area contributed by atoms with E-state index >= 15 is 0 Å². The standard InChI is InChI=1S/C16H14O2/c17-14-10-16(11-14)18-15-8-6-13(7-9-15)12-4-2-1-3-5-12/h1-9,16H,10-11H2. The van der Waals surface area contributed by atoms with Gasteiger partial charge in [0.2, 0.25) is 0 Å². The van der Waals surface area contributed by atoms with Crippen molar-refractivity contribution in [2.24, 2.45) is 0 Å². The van der Waals surface area contributed by atoms with Crippen molar-refractivity contribution in [2.45, 2.75) is 18.9 Å². The van der Waals surface area contributed by atoms with Crippen LogP contribution in [0.4, 0.5) is 0 Å². The second-order valence-corrected chi connectivity index (χ2v) is 4.58. The van der Waals surface area contributed by atoms with Crippen LogP contribution in [0.5, 0.6) is 5.75 Å². The molecular formula is C16H14O2. The molecule has 3 rings (SSSR count). The van der Waals surface area contributed by atoms with Crippen LogP contribution in [-0.4, -0.2) is 11.9 Å². The summed E-state index contributed by atoms with van der Waals surface area (Å²) in [7, 11) is 0. The van der Waals surface area contributed by atoms with E-state index in [9.17, 15) is 4.79 Å². The first-order valence-corrected chi connectivity index (χ1v) is 6.15. The topological polar surface area (TPSA) is 26.3 Å². The molecule has 2 nitrogen and oxygen atoms in total. The van der Waals surface area contributed by atoms with Crippen LogP contribution in [0.25, 0.3) is 11.1 Å². The minimum atomic E-state index is 0.0834. The number of hydrogen-bond acceptors (Lipinski definition) is 2. The van der Waals surface area contributed by atoms with Crippen molar-refractivity contribution in [3.8, 4) is 16.9 Å². The van der Waals surface area contributed by atoms with Crippen LogP contribution in [0, 0.1) is 0 Å². The van der Waals surface area contributed by atoms with Crippen LogP contribution in [-0.2, 0) is 4.79 Å². The lowest BCUT2D eigenvalue weighted by Crippen LogP contribution is -2.33. The summed E-state index contributed by atoms with van der Waals surface area (Å²) in [5, 5.41) is 0. The van der Waals surface area contributed by atoms with Gasteiger partial charge in [-0.25, -0.2) is 0 Å². The van der Waals surface area contributed by atoms with Crippen LogP contribution in [0.1, 0.15) is 12.8 Å². The molecule has 0 aliphatic heterocycles. The summed E-state index contributed by atoms with van der Waals surface area (Å²) in [5.41, 5.74) is 2.37. The van der Waals surface area contributed by atoms with Crippen molar-refractivity contribution >= 4 is 5.78 Å². The molecule has 0 N–H and O–H groups in total. The van der Waals surface area contributed by atoms with Gasteiger partial charge in [-0.1, -0.05) is 42.5 Å². The summed E-state index contributed by atoms with van der Waals surface area (Å²) >= 11 is 0. The van der Waals surface area contributed by atoms with Gasteiger partial charge in [-0.3, -0.25) is 4.79 Å². The predicted molar refractivity (Wildman–Crippen MR) is 70.5 cm³/mol. The Kier molecular flexibility index (Phi) is 2.85. The van der Waals surface area contributed by atoms with E-state index in [1.165, 1.54) is 11.1 Å². The third kappa shape index (κ3) is 2.28. The van der Waals surface area contributed by atoms with Crippen LogP contribution < -0.4 is 4.74 Å². The summed E-state index contributed by atoms with van der Waals surface area (Å²) in [4.78, 5) is 10.9. The third-order valence-corrected chi connectivity index (χ3v) is 3.17. The Morgan fingerprint density at radius 3 is 2.06 bits per heavy atom. The van der Waals surface area contributed by atoms with Crippen molar-refractivity contribution < 1.29 is 9.53 Å². The molecular weight excluding hydrogens is 224 g/mol. The van der Waals surface area contributed by atoms with Crippen molar-refractivity contribution in [2.75, 3.05) is 0 Å². The fraction of sp³-hybridized carbons (Fsp3) is 0.188. The fourth-order valence-electron chi connectivity index (χ4n) is 2.08. The van der Waals surface area contributed by atoms with Gasteiger partial charge in [-0.05, 0) is 23.3 Å². The van der Waals surface area contributed by atoms with E-state index in [1.54, 1.807) is 0 Å². The minimum Gasteiger partial charge on any atom is -0.490 e. The van der Waals surface area contributed by atoms with E-state index in [-0.39, 0.29) is 6.10 Å². The molecule has 1 saturated carbocycles. The zero-order valence-electron chi connectivity index (χ0n) is 10.0. The highest BCUT2D eigenvalue weighted by atomic mass is 16.5. The fourth-order valence-corrected chi connectivity index (χ4v) is 2.08. The zero-order chi connectivity index (χ0) is 12.4. The van der Waals surface area contributed by atoms with E-state index < -0.39 is 0 Å². The summed E-state index contributed by atoms with van der Waals surface area (Å²) in [6.07, 6.45) is 1.20. The molecule has 1 aliphatic rings. The average Bonchev–Trinajstić information content (AvgIpc) is 2.39. The molecule has 90 valence electrons. The van der Waals surface area contributed by atoms with Crippen molar-refractivity contribution in [1.82, 2.24) is 0 Å². The second-order valence-electron chi connectivity index (χ2n) is 4.58. The van der Waals surface area contributed by atoms with Crippen LogP contribution in [0.15, 0.2) is 54.6 Å². The van der Waals surface area contributed by atoms with Crippen molar-refractivity contribution in [3.63, 3.8) is 0 Å². The number of carbonyl (C=O) groups is 1. The molecule has 0 atom stereocenters. The average molecular weight is 238 g/mol. The van der Waals surface area contributed by atoms with Gasteiger partial charge in [0.25, 0.3) is 0 Å². The van der Waals surface area contributed by atoms with Gasteiger partial charge in [0.1, 0.15) is 17.6 Å². The molecule has 18 heavy (non-hydrogen) atoms. The predicted octanol–water partition coefficient (Wildman–Crippen LogP) is 3.46. The van der Waals surface area contributed by atoms with Gasteiger partial charge in [-0.2, -0.15) is 0 Å². The molecule has 0 aromatic heterocycles. The molecule has 0 bridgehead atoms. The van der Waals surface area contributed by atoms with E-state index in [0.29, 0.717) is 18.6 Å². The first-order valence-electron chi connectivity index (χ1n) is 6.15. The molecule has 1 fully saturated rings. The molecule has 0 heterocycles. The normalized spacial score (nSPS) is 15.2. The molecule has 1 aliphatic carbocycles. The Bertz CT molecular complexity index is 535. The SMILES string of the molecule is O=C1CC(Oc2ccc(-c3ccccc3)cc2)C1. The summed E-state index contributed by atoms with van der Waals surface area (Å²) < 4.78 is 5.69. The maximum Gasteiger partial charge on any atom is 0.140 e. The van der Waals surface area contributed by atoms with Crippen molar-refractivity contribution in [3.05, 3.63) is 54.6 Å². The molecule has 0 saturated heterocycles. The lowest BCUT2D eigenvalue weighted by molar-refractivity contribution is -0.129. The van der Waals surface area contributed by atoms with Crippen LogP contribution >= 0.6 is 0 Å². The monoisotopic (exact) mass is 238 g/mol. The zero-order valence-corrected chi connectivity index (χ0v) is 10.0. The van der Waals surface area contributed by atoms with Gasteiger partial charge in [0.15, 0.2) is 0 Å². The van der Waals surface area contributed by atoms with Gasteiger partial charge < -0.3 is 4.74 Å². The number of rotatable bonds is 3. The largest absolute Gasteiger partial charge is 0.490 e. The number of ether oxygens (including phenoxy) is 1. The van der Waals surface area contributed by atoms with E-state index in [0.717, 1.165) is 5.75 Å². The first kappa shape index (κ1) is 11.0. The summed E-state index contributed by atoms with van der Waals surface area (Å²) in [5.74, 6) is 1.13. The maximum absolute atomic E-state index is 10.9. The van der Waals surface area contributed by atoms with Crippen LogP contribution in [0.2, 0.25) is 0 Å². The lowest BCUT2D eigenvalue weighted by atomic mass is 9.94. The lowest BCUT2D eigenvalue weighted by Gasteiger charge is -2.25. The van der Waals surface area contributed by atoms with Gasteiger partial charge in [-0.15, -0.1) is 0 Å². The highest BCUT2D eigenvalue weighted by Crippen LogP contribution is 2.25. The van der Waals surface area contributed by atoms with Gasteiger partial charge in [0.05, 0.1) is 0 Å². The molecule has 2 aromatic rings. The van der Waals surface area contributed by atoms with E-state index in [4.69, 9.17) is 4.74 Å². The number of Topliss-reactive ketones (excluding diaryl/α,β-unsaturated/α-hetero) is 1. The Balaban J connectivity index is 1.71. The number of ketones is 1. The van der Waals surface area contributed by atoms with Crippen LogP contribution in [0.3, 0.4) is 0 Å². The van der Waals surface area contributed by atoms with Crippen molar-refractivity contribution in [1.29, 1.82) is 0 Å². The Morgan fingerprint density at radius 1 is 0.833 bits per heavy atom. The third-order valence-electron chi connectivity index (χ3n) is 3.17. The number of benzene rings is 2. The molecule has 2 heteroatoms.